The molecule has 0 N–H and O–H groups in total. The van der Waals surface area contributed by atoms with Crippen LogP contribution in [0.25, 0.3) is 0 Å². The molecule has 75 valence electrons. The number of hydrogen-bond donors (Lipinski definition) is 0. The smallest absolute Gasteiger partial charge is 0 e. The van der Waals surface area contributed by atoms with Crippen molar-refractivity contribution in [1.29, 1.82) is 0 Å². The maximum atomic E-state index is 2.72. The van der Waals surface area contributed by atoms with Gasteiger partial charge in [-0.25, -0.2) is 0 Å². The van der Waals surface area contributed by atoms with E-state index in [1.54, 1.807) is 0 Å². The fourth-order valence-corrected chi connectivity index (χ4v) is 0. The minimum Gasteiger partial charge on any atom is -0.132 e. The van der Waals surface area contributed by atoms with Gasteiger partial charge in [-0.2, -0.15) is 0 Å². The van der Waals surface area contributed by atoms with Crippen LogP contribution in [0.15, 0.2) is 0 Å². The fourth-order valence-electron chi connectivity index (χ4n) is 0. The van der Waals surface area contributed by atoms with Crippen molar-refractivity contribution in [2.24, 2.45) is 0 Å². The molecule has 0 aliphatic rings. The summed E-state index contributed by atoms with van der Waals surface area (Å²) in [4.78, 5) is 0. The zero-order valence-electron chi connectivity index (χ0n) is 8.46. The van der Waals surface area contributed by atoms with Crippen LogP contribution in [0.4, 0.5) is 0 Å². The van der Waals surface area contributed by atoms with Gasteiger partial charge in [0.2, 0.25) is 0 Å². The summed E-state index contributed by atoms with van der Waals surface area (Å²) in [7, 11) is 5.43. The third kappa shape index (κ3) is 526. The summed E-state index contributed by atoms with van der Waals surface area (Å²) in [5.41, 5.74) is 0. The second kappa shape index (κ2) is 6.85. The van der Waals surface area contributed by atoms with E-state index < -0.39 is 0 Å². The SMILES string of the molecule is CC(C)(C)P.CC(C)(C)P.[Cu]. The Morgan fingerprint density at radius 3 is 0.636 bits per heavy atom. The van der Waals surface area contributed by atoms with E-state index in [9.17, 15) is 0 Å². The van der Waals surface area contributed by atoms with Crippen LogP contribution >= 0.6 is 18.5 Å². The first-order valence-corrected chi connectivity index (χ1v) is 4.73. The maximum absolute atomic E-state index is 2.72. The predicted molar refractivity (Wildman–Crippen MR) is 58.9 cm³/mol. The molecule has 0 aromatic carbocycles. The molecule has 0 spiro atoms. The van der Waals surface area contributed by atoms with Crippen LogP contribution in [-0.4, -0.2) is 10.3 Å². The first kappa shape index (κ1) is 18.2. The van der Waals surface area contributed by atoms with Crippen molar-refractivity contribution >= 4 is 18.5 Å². The Hall–Kier alpha value is 1.38. The molecule has 2 atom stereocenters. The first-order chi connectivity index (χ1) is 4.00. The minimum atomic E-state index is 0. The van der Waals surface area contributed by atoms with Crippen LogP contribution in [-0.2, 0) is 17.1 Å². The molecule has 0 saturated heterocycles. The standard InChI is InChI=1S/2C4H11P.Cu/c2*1-4(2,3)5;/h2*5H2,1-3H3;. The van der Waals surface area contributed by atoms with Gasteiger partial charge < -0.3 is 0 Å². The molecule has 0 rings (SSSR count). The van der Waals surface area contributed by atoms with Crippen LogP contribution in [0.1, 0.15) is 41.5 Å². The Bertz CT molecular complexity index is 55.1. The summed E-state index contributed by atoms with van der Waals surface area (Å²) in [6, 6.07) is 0. The summed E-state index contributed by atoms with van der Waals surface area (Å²) >= 11 is 0. The summed E-state index contributed by atoms with van der Waals surface area (Å²) in [6.45, 7) is 12.9. The van der Waals surface area contributed by atoms with Gasteiger partial charge in [0.05, 0.1) is 0 Å². The van der Waals surface area contributed by atoms with Gasteiger partial charge in [-0.1, -0.05) is 41.5 Å². The van der Waals surface area contributed by atoms with E-state index in [2.05, 4.69) is 60.0 Å². The summed E-state index contributed by atoms with van der Waals surface area (Å²) in [5.74, 6) is 0. The zero-order chi connectivity index (χ0) is 9.00. The molecular weight excluding hydrogens is 222 g/mol. The first-order valence-electron chi connectivity index (χ1n) is 3.58. The third-order valence-corrected chi connectivity index (χ3v) is 0. The average Bonchev–Trinajstić information content (AvgIpc) is 1.12. The van der Waals surface area contributed by atoms with Crippen molar-refractivity contribution in [2.75, 3.05) is 0 Å². The quantitative estimate of drug-likeness (QED) is 0.452. The third-order valence-electron chi connectivity index (χ3n) is 0. The van der Waals surface area contributed by atoms with Gasteiger partial charge in [0, 0.05) is 17.1 Å². The molecule has 11 heavy (non-hydrogen) atoms. The van der Waals surface area contributed by atoms with Gasteiger partial charge in [-0.3, -0.25) is 0 Å². The van der Waals surface area contributed by atoms with E-state index in [0.717, 1.165) is 0 Å². The number of hydrogen-bond acceptors (Lipinski definition) is 0. The summed E-state index contributed by atoms with van der Waals surface area (Å²) in [5, 5.41) is 0.833. The van der Waals surface area contributed by atoms with E-state index >= 15 is 0 Å². The second-order valence-electron chi connectivity index (χ2n) is 4.73. The second-order valence-corrected chi connectivity index (χ2v) is 8.20. The van der Waals surface area contributed by atoms with Crippen LogP contribution < -0.4 is 0 Å². The van der Waals surface area contributed by atoms with E-state index in [1.165, 1.54) is 0 Å². The van der Waals surface area contributed by atoms with Crippen molar-refractivity contribution in [3.63, 3.8) is 0 Å². The largest absolute Gasteiger partial charge is 0.132 e. The molecule has 0 aliphatic heterocycles. The van der Waals surface area contributed by atoms with E-state index in [-0.39, 0.29) is 17.1 Å². The molecule has 0 nitrogen and oxygen atoms in total. The summed E-state index contributed by atoms with van der Waals surface area (Å²) < 4.78 is 0. The van der Waals surface area contributed by atoms with Crippen molar-refractivity contribution in [3.05, 3.63) is 0 Å². The van der Waals surface area contributed by atoms with Crippen LogP contribution in [0.3, 0.4) is 0 Å². The van der Waals surface area contributed by atoms with Gasteiger partial charge in [0.1, 0.15) is 0 Å². The van der Waals surface area contributed by atoms with E-state index in [1.807, 2.05) is 0 Å². The van der Waals surface area contributed by atoms with Crippen molar-refractivity contribution < 1.29 is 17.1 Å². The molecule has 0 aromatic rings. The van der Waals surface area contributed by atoms with Gasteiger partial charge in [-0.15, -0.1) is 18.5 Å². The van der Waals surface area contributed by atoms with E-state index in [4.69, 9.17) is 0 Å². The van der Waals surface area contributed by atoms with Gasteiger partial charge in [0.15, 0.2) is 0 Å². The molecule has 0 bridgehead atoms. The van der Waals surface area contributed by atoms with Crippen LogP contribution in [0, 0.1) is 0 Å². The Labute approximate surface area is 87.6 Å². The summed E-state index contributed by atoms with van der Waals surface area (Å²) in [6.07, 6.45) is 0. The number of rotatable bonds is 0. The topological polar surface area (TPSA) is 0 Å². The molecule has 0 aromatic heterocycles. The fraction of sp³-hybridized carbons (Fsp3) is 1.00. The normalized spacial score (nSPS) is 10.9. The Balaban J connectivity index is -0.000000107. The van der Waals surface area contributed by atoms with E-state index in [0.29, 0.717) is 10.3 Å². The molecule has 0 amide bonds. The molecular formula is C8H22CuP2. The molecule has 3 heteroatoms. The van der Waals surface area contributed by atoms with Crippen LogP contribution in [0.2, 0.25) is 0 Å². The van der Waals surface area contributed by atoms with Crippen LogP contribution in [0.5, 0.6) is 0 Å². The predicted octanol–water partition coefficient (Wildman–Crippen LogP) is 3.32. The molecule has 0 heterocycles. The van der Waals surface area contributed by atoms with Crippen molar-refractivity contribution in [3.8, 4) is 0 Å². The van der Waals surface area contributed by atoms with Gasteiger partial charge in [-0.05, 0) is 10.3 Å². The Morgan fingerprint density at radius 2 is 0.636 bits per heavy atom. The molecule has 0 aliphatic carbocycles. The average molecular weight is 244 g/mol. The molecule has 0 saturated carbocycles. The van der Waals surface area contributed by atoms with Crippen molar-refractivity contribution in [1.82, 2.24) is 0 Å². The van der Waals surface area contributed by atoms with Crippen molar-refractivity contribution in [2.45, 2.75) is 51.9 Å². The molecule has 1 radical (unpaired) electrons. The molecule has 0 fully saturated rings. The monoisotopic (exact) mass is 243 g/mol. The Kier molecular flexibility index (Phi) is 11.3. The minimum absolute atomic E-state index is 0. The zero-order valence-corrected chi connectivity index (χ0v) is 11.7. The van der Waals surface area contributed by atoms with Gasteiger partial charge >= 0.3 is 0 Å². The molecule has 2 unspecified atom stereocenters. The van der Waals surface area contributed by atoms with Gasteiger partial charge in [0.25, 0.3) is 0 Å². The maximum Gasteiger partial charge on any atom is 0 e. The Morgan fingerprint density at radius 1 is 0.636 bits per heavy atom.